The van der Waals surface area contributed by atoms with Crippen LogP contribution in [0.15, 0.2) is 24.3 Å². The summed E-state index contributed by atoms with van der Waals surface area (Å²) in [6.45, 7) is 2.37. The van der Waals surface area contributed by atoms with Crippen molar-refractivity contribution >= 4 is 18.0 Å². The second-order valence-electron chi connectivity index (χ2n) is 6.52. The fourth-order valence-electron chi connectivity index (χ4n) is 3.41. The van der Waals surface area contributed by atoms with Crippen LogP contribution in [0.5, 0.6) is 11.5 Å². The molecule has 0 bridgehead atoms. The molecule has 1 saturated carbocycles. The Balaban J connectivity index is 1.89. The van der Waals surface area contributed by atoms with E-state index in [9.17, 15) is 9.59 Å². The number of nitrogens with zero attached hydrogens (tertiary/aromatic N) is 1. The number of benzene rings is 1. The molecule has 6 heteroatoms. The molecule has 0 saturated heterocycles. The third-order valence-corrected chi connectivity index (χ3v) is 4.85. The predicted octanol–water partition coefficient (Wildman–Crippen LogP) is 3.44. The lowest BCUT2D eigenvalue weighted by molar-refractivity contribution is -0.149. The van der Waals surface area contributed by atoms with Gasteiger partial charge in [-0.2, -0.15) is 0 Å². The van der Waals surface area contributed by atoms with Crippen LogP contribution in [0, 0.1) is 0 Å². The first-order valence-electron chi connectivity index (χ1n) is 9.45. The summed E-state index contributed by atoms with van der Waals surface area (Å²) >= 11 is 0. The summed E-state index contributed by atoms with van der Waals surface area (Å²) in [6.07, 6.45) is 8.51. The van der Waals surface area contributed by atoms with Crippen molar-refractivity contribution in [2.75, 3.05) is 27.4 Å². The number of likely N-dealkylation sites (N-methyl/N-ethyl adjacent to an activating group) is 1. The first kappa shape index (κ1) is 20.8. The maximum absolute atomic E-state index is 12.4. The van der Waals surface area contributed by atoms with Gasteiger partial charge in [0.05, 0.1) is 14.2 Å². The van der Waals surface area contributed by atoms with Crippen molar-refractivity contribution in [2.45, 2.75) is 45.1 Å². The van der Waals surface area contributed by atoms with E-state index in [1.165, 1.54) is 12.5 Å². The Labute approximate surface area is 161 Å². The maximum atomic E-state index is 12.4. The summed E-state index contributed by atoms with van der Waals surface area (Å²) in [6, 6.07) is 5.57. The molecule has 0 unspecified atom stereocenters. The topological polar surface area (TPSA) is 65.1 Å². The highest BCUT2D eigenvalue weighted by molar-refractivity contribution is 5.89. The van der Waals surface area contributed by atoms with Crippen LogP contribution in [-0.4, -0.2) is 50.2 Å². The number of esters is 1. The maximum Gasteiger partial charge on any atom is 0.331 e. The molecule has 0 heterocycles. The van der Waals surface area contributed by atoms with Crippen LogP contribution < -0.4 is 9.47 Å². The van der Waals surface area contributed by atoms with Crippen molar-refractivity contribution in [3.63, 3.8) is 0 Å². The van der Waals surface area contributed by atoms with Crippen LogP contribution in [0.25, 0.3) is 6.08 Å². The number of hydrogen-bond donors (Lipinski definition) is 0. The second kappa shape index (κ2) is 10.6. The van der Waals surface area contributed by atoms with Gasteiger partial charge in [-0.25, -0.2) is 4.79 Å². The Bertz CT molecular complexity index is 665. The smallest absolute Gasteiger partial charge is 0.331 e. The van der Waals surface area contributed by atoms with E-state index < -0.39 is 5.97 Å². The van der Waals surface area contributed by atoms with Gasteiger partial charge in [0.15, 0.2) is 6.61 Å². The van der Waals surface area contributed by atoms with Crippen molar-refractivity contribution in [3.8, 4) is 11.5 Å². The summed E-state index contributed by atoms with van der Waals surface area (Å²) < 4.78 is 15.6. The minimum atomic E-state index is -0.555. The van der Waals surface area contributed by atoms with Gasteiger partial charge in [0.25, 0.3) is 5.91 Å². The quantitative estimate of drug-likeness (QED) is 0.514. The first-order valence-corrected chi connectivity index (χ1v) is 9.45. The van der Waals surface area contributed by atoms with Gasteiger partial charge in [-0.1, -0.05) is 19.3 Å². The minimum Gasteiger partial charge on any atom is -0.497 e. The zero-order valence-electron chi connectivity index (χ0n) is 16.4. The zero-order chi connectivity index (χ0) is 19.6. The Morgan fingerprint density at radius 2 is 1.89 bits per heavy atom. The van der Waals surface area contributed by atoms with E-state index in [1.54, 1.807) is 38.5 Å². The summed E-state index contributed by atoms with van der Waals surface area (Å²) in [4.78, 5) is 26.2. The lowest BCUT2D eigenvalue weighted by Crippen LogP contribution is -2.43. The molecular formula is C21H29NO5. The van der Waals surface area contributed by atoms with Crippen molar-refractivity contribution in [3.05, 3.63) is 29.8 Å². The standard InChI is InChI=1S/C21H29NO5/c1-4-22(17-8-6-5-7-9-17)20(23)15-27-21(24)13-11-16-10-12-18(25-2)14-19(16)26-3/h10-14,17H,4-9,15H2,1-3H3/b13-11+. The molecule has 1 aromatic rings. The second-order valence-corrected chi connectivity index (χ2v) is 6.52. The third-order valence-electron chi connectivity index (χ3n) is 4.85. The average molecular weight is 375 g/mol. The summed E-state index contributed by atoms with van der Waals surface area (Å²) in [5.41, 5.74) is 0.721. The van der Waals surface area contributed by atoms with Gasteiger partial charge in [0.2, 0.25) is 0 Å². The Morgan fingerprint density at radius 3 is 2.52 bits per heavy atom. The van der Waals surface area contributed by atoms with E-state index in [0.717, 1.165) is 31.2 Å². The normalized spacial score (nSPS) is 14.8. The number of carbonyl (C=O) groups excluding carboxylic acids is 2. The number of hydrogen-bond acceptors (Lipinski definition) is 5. The van der Waals surface area contributed by atoms with E-state index in [0.29, 0.717) is 18.0 Å². The molecule has 0 spiro atoms. The van der Waals surface area contributed by atoms with Gasteiger partial charge in [0.1, 0.15) is 11.5 Å². The lowest BCUT2D eigenvalue weighted by Gasteiger charge is -2.33. The molecule has 1 aliphatic carbocycles. The molecule has 0 aromatic heterocycles. The van der Waals surface area contributed by atoms with Gasteiger partial charge >= 0.3 is 5.97 Å². The number of carbonyl (C=O) groups is 2. The van der Waals surface area contributed by atoms with Gasteiger partial charge in [0, 0.05) is 30.3 Å². The molecular weight excluding hydrogens is 346 g/mol. The first-order chi connectivity index (χ1) is 13.1. The number of methoxy groups -OCH3 is 2. The monoisotopic (exact) mass is 375 g/mol. The Morgan fingerprint density at radius 1 is 1.15 bits per heavy atom. The van der Waals surface area contributed by atoms with Crippen LogP contribution in [0.1, 0.15) is 44.6 Å². The summed E-state index contributed by atoms with van der Waals surface area (Å²) in [5.74, 6) is 0.567. The van der Waals surface area contributed by atoms with E-state index in [1.807, 2.05) is 11.8 Å². The highest BCUT2D eigenvalue weighted by Crippen LogP contribution is 2.25. The highest BCUT2D eigenvalue weighted by Gasteiger charge is 2.24. The van der Waals surface area contributed by atoms with Gasteiger partial charge in [-0.15, -0.1) is 0 Å². The van der Waals surface area contributed by atoms with Crippen molar-refractivity contribution < 1.29 is 23.8 Å². The third kappa shape index (κ3) is 6.01. The molecule has 1 amide bonds. The lowest BCUT2D eigenvalue weighted by atomic mass is 9.94. The highest BCUT2D eigenvalue weighted by atomic mass is 16.5. The number of amides is 1. The number of ether oxygens (including phenoxy) is 3. The molecule has 1 fully saturated rings. The minimum absolute atomic E-state index is 0.131. The SMILES string of the molecule is CCN(C(=O)COC(=O)/C=C/c1ccc(OC)cc1OC)C1CCCCC1. The van der Waals surface area contributed by atoms with Crippen molar-refractivity contribution in [2.24, 2.45) is 0 Å². The molecule has 0 N–H and O–H groups in total. The molecule has 0 radical (unpaired) electrons. The van der Waals surface area contributed by atoms with Crippen molar-refractivity contribution in [1.29, 1.82) is 0 Å². The summed E-state index contributed by atoms with van der Waals surface area (Å²) in [7, 11) is 3.12. The number of rotatable bonds is 8. The van der Waals surface area contributed by atoms with E-state index in [2.05, 4.69) is 0 Å². The molecule has 1 aliphatic rings. The van der Waals surface area contributed by atoms with E-state index >= 15 is 0 Å². The van der Waals surface area contributed by atoms with Crippen LogP contribution >= 0.6 is 0 Å². The van der Waals surface area contributed by atoms with Gasteiger partial charge in [-0.05, 0) is 38.0 Å². The molecule has 148 valence electrons. The van der Waals surface area contributed by atoms with E-state index in [4.69, 9.17) is 14.2 Å². The molecule has 0 aliphatic heterocycles. The largest absolute Gasteiger partial charge is 0.497 e. The predicted molar refractivity (Wildman–Crippen MR) is 104 cm³/mol. The zero-order valence-corrected chi connectivity index (χ0v) is 16.4. The molecule has 6 nitrogen and oxygen atoms in total. The average Bonchev–Trinajstić information content (AvgIpc) is 2.71. The molecule has 2 rings (SSSR count). The van der Waals surface area contributed by atoms with Crippen LogP contribution in [0.4, 0.5) is 0 Å². The van der Waals surface area contributed by atoms with Gasteiger partial charge < -0.3 is 19.1 Å². The summed E-state index contributed by atoms with van der Waals surface area (Å²) in [5, 5.41) is 0. The fraction of sp³-hybridized carbons (Fsp3) is 0.524. The van der Waals surface area contributed by atoms with Crippen LogP contribution in [0.3, 0.4) is 0 Å². The molecule has 27 heavy (non-hydrogen) atoms. The Hall–Kier alpha value is -2.50. The van der Waals surface area contributed by atoms with E-state index in [-0.39, 0.29) is 18.6 Å². The van der Waals surface area contributed by atoms with Crippen molar-refractivity contribution in [1.82, 2.24) is 4.90 Å². The van der Waals surface area contributed by atoms with Crippen LogP contribution in [-0.2, 0) is 14.3 Å². The fourth-order valence-corrected chi connectivity index (χ4v) is 3.41. The Kier molecular flexibility index (Phi) is 8.17. The van der Waals surface area contributed by atoms with Crippen LogP contribution in [0.2, 0.25) is 0 Å². The van der Waals surface area contributed by atoms with Gasteiger partial charge in [-0.3, -0.25) is 4.79 Å². The molecule has 0 atom stereocenters. The molecule has 1 aromatic carbocycles.